The van der Waals surface area contributed by atoms with Gasteiger partial charge in [0, 0.05) is 37.7 Å². The number of benzene rings is 3. The predicted molar refractivity (Wildman–Crippen MR) is 170 cm³/mol. The lowest BCUT2D eigenvalue weighted by Gasteiger charge is -2.45. The Labute approximate surface area is 252 Å². The van der Waals surface area contributed by atoms with Gasteiger partial charge in [0.05, 0.1) is 27.2 Å². The van der Waals surface area contributed by atoms with Crippen molar-refractivity contribution in [3.8, 4) is 0 Å². The number of H-pyrrole nitrogens is 1. The maximum atomic E-state index is 13.7. The number of amides is 1. The van der Waals surface area contributed by atoms with Crippen molar-refractivity contribution in [2.45, 2.75) is 50.7 Å². The molecule has 41 heavy (non-hydrogen) atoms. The molecule has 1 fully saturated rings. The van der Waals surface area contributed by atoms with Gasteiger partial charge in [0.1, 0.15) is 0 Å². The minimum Gasteiger partial charge on any atom is -0.353 e. The summed E-state index contributed by atoms with van der Waals surface area (Å²) in [6.07, 6.45) is 5.26. The number of para-hydroxylation sites is 1. The Morgan fingerprint density at radius 3 is 2.56 bits per heavy atom. The van der Waals surface area contributed by atoms with Gasteiger partial charge in [-0.2, -0.15) is 0 Å². The standard InChI is InChI=1S/C33H37Cl2N5O/c1-4-10-22-13-9-14-29-30(22)38-33(37-29)36-25-17-19-40(20-18-25)31(39(3)32(41)23-11-7-6-8-12-23)26(5-2)24-15-16-27(34)28(35)21-24/h4,6-9,11-16,21,25-26,31H,1,5,10,17-20H2,2-3H3,(H2,36,37,38). The van der Waals surface area contributed by atoms with Crippen LogP contribution in [0.5, 0.6) is 0 Å². The number of rotatable bonds is 10. The van der Waals surface area contributed by atoms with Crippen LogP contribution in [0.1, 0.15) is 53.6 Å². The fraction of sp³-hybridized carbons (Fsp3) is 0.333. The second-order valence-electron chi connectivity index (χ2n) is 10.7. The van der Waals surface area contributed by atoms with E-state index in [2.05, 4.69) is 40.8 Å². The number of halogens is 2. The molecule has 3 aromatic carbocycles. The summed E-state index contributed by atoms with van der Waals surface area (Å²) in [7, 11) is 1.92. The van der Waals surface area contributed by atoms with E-state index in [1.165, 1.54) is 5.56 Å². The van der Waals surface area contributed by atoms with E-state index >= 15 is 0 Å². The summed E-state index contributed by atoms with van der Waals surface area (Å²) in [6.45, 7) is 7.72. The average molecular weight is 591 g/mol. The summed E-state index contributed by atoms with van der Waals surface area (Å²) in [5.41, 5.74) is 4.94. The highest BCUT2D eigenvalue weighted by Crippen LogP contribution is 2.35. The van der Waals surface area contributed by atoms with Crippen LogP contribution in [-0.2, 0) is 6.42 Å². The lowest BCUT2D eigenvalue weighted by atomic mass is 9.90. The van der Waals surface area contributed by atoms with Gasteiger partial charge in [-0.15, -0.1) is 6.58 Å². The molecule has 1 aromatic heterocycles. The number of fused-ring (bicyclic) bond motifs is 1. The first kappa shape index (κ1) is 29.2. The van der Waals surface area contributed by atoms with Crippen molar-refractivity contribution in [3.63, 3.8) is 0 Å². The highest BCUT2D eigenvalue weighted by Gasteiger charge is 2.36. The number of likely N-dealkylation sites (N-methyl/N-ethyl adjacent to an activating group) is 1. The van der Waals surface area contributed by atoms with Gasteiger partial charge in [0.15, 0.2) is 0 Å². The van der Waals surface area contributed by atoms with Gasteiger partial charge in [0.2, 0.25) is 5.95 Å². The summed E-state index contributed by atoms with van der Waals surface area (Å²) in [5.74, 6) is 0.864. The Balaban J connectivity index is 1.36. The summed E-state index contributed by atoms with van der Waals surface area (Å²) < 4.78 is 0. The Hall–Kier alpha value is -3.32. The summed E-state index contributed by atoms with van der Waals surface area (Å²) >= 11 is 12.7. The van der Waals surface area contributed by atoms with E-state index in [1.54, 1.807) is 0 Å². The van der Waals surface area contributed by atoms with Gasteiger partial charge in [-0.05, 0) is 67.1 Å². The highest BCUT2D eigenvalue weighted by atomic mass is 35.5. The number of carbonyl (C=O) groups excluding carboxylic acids is 1. The van der Waals surface area contributed by atoms with Crippen LogP contribution in [-0.4, -0.2) is 58.0 Å². The van der Waals surface area contributed by atoms with Crippen molar-refractivity contribution in [2.24, 2.45) is 0 Å². The fourth-order valence-electron chi connectivity index (χ4n) is 6.02. The van der Waals surface area contributed by atoms with Crippen LogP contribution in [0.4, 0.5) is 5.95 Å². The third-order valence-corrected chi connectivity index (χ3v) is 8.85. The van der Waals surface area contributed by atoms with E-state index in [9.17, 15) is 4.79 Å². The minimum absolute atomic E-state index is 0.00645. The number of nitrogens with zero attached hydrogens (tertiary/aromatic N) is 3. The zero-order chi connectivity index (χ0) is 28.9. The Morgan fingerprint density at radius 1 is 1.12 bits per heavy atom. The molecule has 4 aromatic rings. The van der Waals surface area contributed by atoms with Crippen LogP contribution in [0.3, 0.4) is 0 Å². The van der Waals surface area contributed by atoms with Crippen molar-refractivity contribution >= 4 is 46.1 Å². The largest absolute Gasteiger partial charge is 0.353 e. The normalized spacial score (nSPS) is 15.9. The Morgan fingerprint density at radius 2 is 1.88 bits per heavy atom. The van der Waals surface area contributed by atoms with Crippen molar-refractivity contribution in [1.82, 2.24) is 19.8 Å². The number of carbonyl (C=O) groups is 1. The van der Waals surface area contributed by atoms with Gasteiger partial charge in [-0.1, -0.05) is 72.6 Å². The topological polar surface area (TPSA) is 64.3 Å². The zero-order valence-electron chi connectivity index (χ0n) is 23.6. The van der Waals surface area contributed by atoms with Gasteiger partial charge in [-0.3, -0.25) is 9.69 Å². The molecule has 0 bridgehead atoms. The molecule has 5 rings (SSSR count). The molecule has 1 saturated heterocycles. The molecule has 2 unspecified atom stereocenters. The van der Waals surface area contributed by atoms with E-state index in [1.807, 2.05) is 72.6 Å². The van der Waals surface area contributed by atoms with E-state index in [0.717, 1.165) is 61.3 Å². The predicted octanol–water partition coefficient (Wildman–Crippen LogP) is 7.77. The number of nitrogens with one attached hydrogen (secondary N) is 2. The number of hydrogen-bond acceptors (Lipinski definition) is 4. The lowest BCUT2D eigenvalue weighted by molar-refractivity contribution is 0.0201. The molecule has 1 aliphatic heterocycles. The molecular formula is C33H37Cl2N5O. The van der Waals surface area contributed by atoms with E-state index in [4.69, 9.17) is 28.2 Å². The first-order valence-electron chi connectivity index (χ1n) is 14.3. The van der Waals surface area contributed by atoms with Crippen LogP contribution in [0.15, 0.2) is 79.4 Å². The van der Waals surface area contributed by atoms with Crippen LogP contribution < -0.4 is 5.32 Å². The lowest BCUT2D eigenvalue weighted by Crippen LogP contribution is -2.55. The maximum Gasteiger partial charge on any atom is 0.254 e. The molecule has 0 radical (unpaired) electrons. The van der Waals surface area contributed by atoms with Crippen LogP contribution in [0.25, 0.3) is 11.0 Å². The first-order chi connectivity index (χ1) is 19.9. The number of anilines is 1. The number of likely N-dealkylation sites (tertiary alicyclic amines) is 1. The summed E-state index contributed by atoms with van der Waals surface area (Å²) in [4.78, 5) is 26.3. The van der Waals surface area contributed by atoms with Crippen molar-refractivity contribution < 1.29 is 4.79 Å². The molecule has 1 aliphatic rings. The van der Waals surface area contributed by atoms with Gasteiger partial charge < -0.3 is 15.2 Å². The first-order valence-corrected chi connectivity index (χ1v) is 15.0. The molecule has 8 heteroatoms. The van der Waals surface area contributed by atoms with E-state index < -0.39 is 0 Å². The highest BCUT2D eigenvalue weighted by molar-refractivity contribution is 6.42. The van der Waals surface area contributed by atoms with Crippen molar-refractivity contribution in [3.05, 3.63) is 106 Å². The van der Waals surface area contributed by atoms with Crippen molar-refractivity contribution in [1.29, 1.82) is 0 Å². The second-order valence-corrected chi connectivity index (χ2v) is 11.5. The molecule has 214 valence electrons. The molecule has 2 heterocycles. The number of piperidine rings is 1. The van der Waals surface area contributed by atoms with Gasteiger partial charge in [0.25, 0.3) is 5.91 Å². The van der Waals surface area contributed by atoms with E-state index in [-0.39, 0.29) is 24.0 Å². The molecular weight excluding hydrogens is 553 g/mol. The number of imidazole rings is 1. The third kappa shape index (κ3) is 6.45. The Bertz CT molecular complexity index is 1500. The molecule has 0 aliphatic carbocycles. The molecule has 2 atom stereocenters. The molecule has 0 saturated carbocycles. The molecule has 0 spiro atoms. The quantitative estimate of drug-likeness (QED) is 0.185. The number of aromatic nitrogens is 2. The third-order valence-electron chi connectivity index (χ3n) is 8.11. The fourth-order valence-corrected chi connectivity index (χ4v) is 6.32. The van der Waals surface area contributed by atoms with Gasteiger partial charge >= 0.3 is 0 Å². The maximum absolute atomic E-state index is 13.7. The van der Waals surface area contributed by atoms with E-state index in [0.29, 0.717) is 15.6 Å². The minimum atomic E-state index is -0.140. The number of hydrogen-bond donors (Lipinski definition) is 2. The smallest absolute Gasteiger partial charge is 0.254 e. The van der Waals surface area contributed by atoms with Crippen LogP contribution in [0, 0.1) is 0 Å². The molecule has 2 N–H and O–H groups in total. The number of aromatic amines is 1. The Kier molecular flexibility index (Phi) is 9.33. The number of allylic oxidation sites excluding steroid dienone is 1. The molecule has 6 nitrogen and oxygen atoms in total. The average Bonchev–Trinajstić information content (AvgIpc) is 3.41. The van der Waals surface area contributed by atoms with Crippen molar-refractivity contribution in [2.75, 3.05) is 25.5 Å². The molecule has 1 amide bonds. The van der Waals surface area contributed by atoms with Crippen LogP contribution >= 0.6 is 23.2 Å². The zero-order valence-corrected chi connectivity index (χ0v) is 25.1. The SMILES string of the molecule is C=CCc1cccc2[nH]c(NC3CCN(C(C(CC)c4ccc(Cl)c(Cl)c4)N(C)C(=O)c4ccccc4)CC3)nc12. The second kappa shape index (κ2) is 13.1. The summed E-state index contributed by atoms with van der Waals surface area (Å²) in [5, 5.41) is 4.70. The van der Waals surface area contributed by atoms with Gasteiger partial charge in [-0.25, -0.2) is 4.98 Å². The van der Waals surface area contributed by atoms with Crippen LogP contribution in [0.2, 0.25) is 10.0 Å². The summed E-state index contributed by atoms with van der Waals surface area (Å²) in [6, 6.07) is 21.8. The monoisotopic (exact) mass is 589 g/mol.